The topological polar surface area (TPSA) is 32.3 Å². The summed E-state index contributed by atoms with van der Waals surface area (Å²) in [5, 5.41) is 10.4. The molecule has 0 fully saturated rings. The first-order chi connectivity index (χ1) is 5.88. The largest absolute Gasteiger partial charge is 1.00 e. The first-order valence-electron chi connectivity index (χ1n) is 3.11. The van der Waals surface area contributed by atoms with Gasteiger partial charge >= 0.3 is 57.7 Å². The Morgan fingerprint density at radius 3 is 2.29 bits per heavy atom. The predicted octanol–water partition coefficient (Wildman–Crippen LogP) is -0.684. The predicted molar refractivity (Wildman–Crippen MR) is 37.6 cm³/mol. The number of hydrogen-bond donors (Lipinski definition) is 0. The summed E-state index contributed by atoms with van der Waals surface area (Å²) in [5.41, 5.74) is 0. The minimum Gasteiger partial charge on any atom is -0.871 e. The molecule has 1 rings (SSSR count). The van der Waals surface area contributed by atoms with Crippen molar-refractivity contribution in [2.24, 2.45) is 0 Å². The standard InChI is InChI=1S/C7H4ClF3O2.K/c8-5-3-4(1-2-6(5)12)13-7(9,10)11;/h1-3,12H;/q;+1/p-1. The van der Waals surface area contributed by atoms with Crippen molar-refractivity contribution in [1.29, 1.82) is 0 Å². The van der Waals surface area contributed by atoms with E-state index in [0.717, 1.165) is 18.2 Å². The third-order valence-electron chi connectivity index (χ3n) is 1.14. The van der Waals surface area contributed by atoms with Gasteiger partial charge in [0.2, 0.25) is 0 Å². The van der Waals surface area contributed by atoms with Gasteiger partial charge in [0, 0.05) is 5.02 Å². The van der Waals surface area contributed by atoms with Crippen molar-refractivity contribution in [2.75, 3.05) is 0 Å². The second-order valence-electron chi connectivity index (χ2n) is 2.14. The molecule has 0 aliphatic rings. The summed E-state index contributed by atoms with van der Waals surface area (Å²) in [6.45, 7) is 0. The van der Waals surface area contributed by atoms with E-state index in [4.69, 9.17) is 11.6 Å². The average Bonchev–Trinajstić information content (AvgIpc) is 1.94. The normalized spacial score (nSPS) is 10.6. The van der Waals surface area contributed by atoms with Gasteiger partial charge in [-0.1, -0.05) is 23.4 Å². The first-order valence-corrected chi connectivity index (χ1v) is 3.48. The van der Waals surface area contributed by atoms with Gasteiger partial charge in [-0.15, -0.1) is 13.2 Å². The van der Waals surface area contributed by atoms with E-state index < -0.39 is 17.9 Å². The van der Waals surface area contributed by atoms with E-state index in [1.165, 1.54) is 0 Å². The van der Waals surface area contributed by atoms with Crippen LogP contribution in [0, 0.1) is 0 Å². The van der Waals surface area contributed by atoms with Crippen LogP contribution in [0.4, 0.5) is 13.2 Å². The van der Waals surface area contributed by atoms with Gasteiger partial charge < -0.3 is 9.84 Å². The maximum absolute atomic E-state index is 11.6. The van der Waals surface area contributed by atoms with Crippen molar-refractivity contribution in [3.63, 3.8) is 0 Å². The Bertz CT molecular complexity index is 316. The summed E-state index contributed by atoms with van der Waals surface area (Å²) in [4.78, 5) is 0. The van der Waals surface area contributed by atoms with Gasteiger partial charge in [0.05, 0.1) is 0 Å². The molecule has 0 unspecified atom stereocenters. The summed E-state index contributed by atoms with van der Waals surface area (Å²) in [5.74, 6) is -1.05. The summed E-state index contributed by atoms with van der Waals surface area (Å²) in [6.07, 6.45) is -4.77. The molecule has 0 amide bonds. The minimum atomic E-state index is -4.77. The van der Waals surface area contributed by atoms with Gasteiger partial charge in [0.1, 0.15) is 5.75 Å². The molecule has 72 valence electrons. The monoisotopic (exact) mass is 250 g/mol. The van der Waals surface area contributed by atoms with Crippen LogP contribution in [0.1, 0.15) is 0 Å². The second kappa shape index (κ2) is 5.57. The molecule has 0 N–H and O–H groups in total. The Morgan fingerprint density at radius 1 is 1.29 bits per heavy atom. The van der Waals surface area contributed by atoms with Crippen LogP contribution in [0.15, 0.2) is 18.2 Å². The van der Waals surface area contributed by atoms with Crippen LogP contribution in [-0.4, -0.2) is 6.36 Å². The Labute approximate surface area is 125 Å². The Balaban J connectivity index is 0.00000169. The van der Waals surface area contributed by atoms with Crippen molar-refractivity contribution < 1.29 is 74.4 Å². The molecular weight excluding hydrogens is 248 g/mol. The zero-order valence-electron chi connectivity index (χ0n) is 7.06. The maximum atomic E-state index is 11.6. The third kappa shape index (κ3) is 4.86. The van der Waals surface area contributed by atoms with E-state index in [9.17, 15) is 18.3 Å². The van der Waals surface area contributed by atoms with Crippen molar-refractivity contribution in [2.45, 2.75) is 6.36 Å². The quantitative estimate of drug-likeness (QED) is 0.619. The number of ether oxygens (including phenoxy) is 1. The van der Waals surface area contributed by atoms with Crippen molar-refractivity contribution in [3.05, 3.63) is 23.2 Å². The fourth-order valence-electron chi connectivity index (χ4n) is 0.679. The molecule has 0 aliphatic heterocycles. The van der Waals surface area contributed by atoms with Crippen LogP contribution < -0.4 is 61.2 Å². The van der Waals surface area contributed by atoms with E-state index in [1.54, 1.807) is 0 Å². The van der Waals surface area contributed by atoms with Crippen molar-refractivity contribution in [3.8, 4) is 11.5 Å². The van der Waals surface area contributed by atoms with Gasteiger partial charge in [-0.25, -0.2) is 0 Å². The summed E-state index contributed by atoms with van der Waals surface area (Å²) in [6, 6.07) is 2.63. The zero-order chi connectivity index (χ0) is 10.1. The van der Waals surface area contributed by atoms with Gasteiger partial charge in [-0.2, -0.15) is 0 Å². The average molecular weight is 251 g/mol. The molecule has 14 heavy (non-hydrogen) atoms. The Morgan fingerprint density at radius 2 is 1.86 bits per heavy atom. The van der Waals surface area contributed by atoms with E-state index in [1.807, 2.05) is 0 Å². The maximum Gasteiger partial charge on any atom is 1.00 e. The number of rotatable bonds is 1. The molecule has 1 aromatic carbocycles. The molecule has 0 saturated heterocycles. The molecule has 0 heterocycles. The van der Waals surface area contributed by atoms with Crippen LogP contribution in [0.5, 0.6) is 11.5 Å². The zero-order valence-corrected chi connectivity index (χ0v) is 10.9. The molecule has 0 aromatic heterocycles. The fourth-order valence-corrected chi connectivity index (χ4v) is 0.849. The molecule has 2 nitrogen and oxygen atoms in total. The summed E-state index contributed by atoms with van der Waals surface area (Å²) in [7, 11) is 0. The molecule has 0 saturated carbocycles. The van der Waals surface area contributed by atoms with Gasteiger partial charge in [0.25, 0.3) is 0 Å². The molecule has 1 aromatic rings. The smallest absolute Gasteiger partial charge is 0.871 e. The molecule has 0 atom stereocenters. The fraction of sp³-hybridized carbons (Fsp3) is 0.143. The molecule has 0 aliphatic carbocycles. The Kier molecular flexibility index (Phi) is 5.79. The van der Waals surface area contributed by atoms with Crippen molar-refractivity contribution in [1.82, 2.24) is 0 Å². The first kappa shape index (κ1) is 14.5. The van der Waals surface area contributed by atoms with E-state index in [2.05, 4.69) is 4.74 Å². The molecule has 7 heteroatoms. The van der Waals surface area contributed by atoms with Crippen LogP contribution >= 0.6 is 11.6 Å². The molecular formula is C7H3ClF3KO2. The van der Waals surface area contributed by atoms with Gasteiger partial charge in [0.15, 0.2) is 0 Å². The number of hydrogen-bond acceptors (Lipinski definition) is 2. The van der Waals surface area contributed by atoms with E-state index in [-0.39, 0.29) is 56.4 Å². The molecule has 0 spiro atoms. The van der Waals surface area contributed by atoms with Crippen LogP contribution in [-0.2, 0) is 0 Å². The van der Waals surface area contributed by atoms with Crippen LogP contribution in [0.2, 0.25) is 5.02 Å². The number of halogens is 4. The second-order valence-corrected chi connectivity index (χ2v) is 2.55. The molecule has 0 radical (unpaired) electrons. The number of benzene rings is 1. The summed E-state index contributed by atoms with van der Waals surface area (Å²) < 4.78 is 38.4. The van der Waals surface area contributed by atoms with Crippen LogP contribution in [0.3, 0.4) is 0 Å². The van der Waals surface area contributed by atoms with E-state index >= 15 is 0 Å². The van der Waals surface area contributed by atoms with E-state index in [0.29, 0.717) is 0 Å². The Hall–Kier alpha value is 0.536. The number of alkyl halides is 3. The van der Waals surface area contributed by atoms with Gasteiger partial charge in [-0.3, -0.25) is 0 Å². The van der Waals surface area contributed by atoms with Crippen LogP contribution in [0.25, 0.3) is 0 Å². The van der Waals surface area contributed by atoms with Crippen molar-refractivity contribution >= 4 is 11.6 Å². The van der Waals surface area contributed by atoms with Gasteiger partial charge in [-0.05, 0) is 12.1 Å². The molecule has 0 bridgehead atoms. The third-order valence-corrected chi connectivity index (χ3v) is 1.43. The summed E-state index contributed by atoms with van der Waals surface area (Å²) >= 11 is 5.28. The minimum absolute atomic E-state index is 0. The SMILES string of the molecule is [K+].[O-]c1ccc(OC(F)(F)F)cc1Cl.